The Balaban J connectivity index is 1.88. The van der Waals surface area contributed by atoms with E-state index in [2.05, 4.69) is 22.5 Å². The average Bonchev–Trinajstić information content (AvgIpc) is 2.93. The van der Waals surface area contributed by atoms with Gasteiger partial charge in [-0.1, -0.05) is 48.2 Å². The van der Waals surface area contributed by atoms with Crippen molar-refractivity contribution in [1.29, 1.82) is 0 Å². The molecule has 2 aliphatic rings. The molecule has 2 aromatic rings. The lowest BCUT2D eigenvalue weighted by Gasteiger charge is -2.37. The van der Waals surface area contributed by atoms with Gasteiger partial charge < -0.3 is 5.32 Å². The van der Waals surface area contributed by atoms with Crippen molar-refractivity contribution in [2.45, 2.75) is 12.0 Å². The molecule has 4 rings (SSSR count). The van der Waals surface area contributed by atoms with Crippen LogP contribution in [0.1, 0.15) is 17.5 Å². The van der Waals surface area contributed by atoms with E-state index in [0.29, 0.717) is 11.3 Å². The fourth-order valence-corrected chi connectivity index (χ4v) is 3.27. The van der Waals surface area contributed by atoms with Gasteiger partial charge in [-0.2, -0.15) is 0 Å². The molecule has 0 aromatic heterocycles. The summed E-state index contributed by atoms with van der Waals surface area (Å²) in [6, 6.07) is 15.8. The van der Waals surface area contributed by atoms with Crippen LogP contribution < -0.4 is 10.6 Å². The first-order valence-corrected chi connectivity index (χ1v) is 8.22. The van der Waals surface area contributed by atoms with Crippen LogP contribution in [0.25, 0.3) is 0 Å². The lowest BCUT2D eigenvalue weighted by molar-refractivity contribution is -0.127. The van der Waals surface area contributed by atoms with Crippen LogP contribution in [0.15, 0.2) is 54.6 Å². The Morgan fingerprint density at radius 1 is 0.923 bits per heavy atom. The van der Waals surface area contributed by atoms with Crippen molar-refractivity contribution in [3.05, 3.63) is 65.7 Å². The summed E-state index contributed by atoms with van der Waals surface area (Å²) in [5.74, 6) is 5.28. The molecule has 6 heteroatoms. The number of anilines is 1. The normalized spacial score (nSPS) is 21.4. The van der Waals surface area contributed by atoms with Gasteiger partial charge in [-0.3, -0.25) is 19.8 Å². The highest BCUT2D eigenvalue weighted by Gasteiger charge is 2.53. The van der Waals surface area contributed by atoms with Crippen molar-refractivity contribution in [2.24, 2.45) is 0 Å². The first-order valence-electron chi connectivity index (χ1n) is 8.22. The SMILES string of the molecule is O=C1CCN(C2(C#Cc3ccccc3)C(=O)Nc3ccccc32)C(=O)N1. The maximum absolute atomic E-state index is 13.0. The Morgan fingerprint density at radius 3 is 2.42 bits per heavy atom. The molecule has 1 fully saturated rings. The smallest absolute Gasteiger partial charge is 0.322 e. The van der Waals surface area contributed by atoms with Gasteiger partial charge in [-0.05, 0) is 18.2 Å². The Morgan fingerprint density at radius 2 is 1.65 bits per heavy atom. The number of hydrogen-bond donors (Lipinski definition) is 2. The highest BCUT2D eigenvalue weighted by Crippen LogP contribution is 2.40. The lowest BCUT2D eigenvalue weighted by atomic mass is 9.88. The van der Waals surface area contributed by atoms with Gasteiger partial charge in [0.15, 0.2) is 0 Å². The number of nitrogens with zero attached hydrogens (tertiary/aromatic N) is 1. The molecule has 2 heterocycles. The maximum Gasteiger partial charge on any atom is 0.325 e. The zero-order valence-corrected chi connectivity index (χ0v) is 13.8. The molecule has 1 saturated heterocycles. The summed E-state index contributed by atoms with van der Waals surface area (Å²) in [6.45, 7) is 0.121. The van der Waals surface area contributed by atoms with Crippen molar-refractivity contribution in [1.82, 2.24) is 10.2 Å². The number of carbonyl (C=O) groups is 3. The number of carbonyl (C=O) groups excluding carboxylic acids is 3. The first kappa shape index (κ1) is 15.9. The molecule has 2 N–H and O–H groups in total. The van der Waals surface area contributed by atoms with Crippen molar-refractivity contribution in [3.8, 4) is 11.8 Å². The predicted octanol–water partition coefficient (Wildman–Crippen LogP) is 1.83. The van der Waals surface area contributed by atoms with Crippen molar-refractivity contribution in [3.63, 3.8) is 0 Å². The molecule has 0 bridgehead atoms. The van der Waals surface area contributed by atoms with E-state index in [-0.39, 0.29) is 18.9 Å². The second-order valence-corrected chi connectivity index (χ2v) is 6.08. The largest absolute Gasteiger partial charge is 0.325 e. The van der Waals surface area contributed by atoms with Gasteiger partial charge in [0.1, 0.15) is 0 Å². The summed E-state index contributed by atoms with van der Waals surface area (Å²) in [6.07, 6.45) is 0.121. The van der Waals surface area contributed by atoms with E-state index >= 15 is 0 Å². The molecule has 128 valence electrons. The van der Waals surface area contributed by atoms with Crippen LogP contribution >= 0.6 is 0 Å². The minimum atomic E-state index is -1.47. The highest BCUT2D eigenvalue weighted by molar-refractivity contribution is 6.11. The van der Waals surface area contributed by atoms with Crippen molar-refractivity contribution >= 4 is 23.5 Å². The number of para-hydroxylation sites is 1. The van der Waals surface area contributed by atoms with Crippen LogP contribution in [0.5, 0.6) is 0 Å². The molecule has 0 spiro atoms. The molecular formula is C20H15N3O3. The third-order valence-corrected chi connectivity index (χ3v) is 4.51. The van der Waals surface area contributed by atoms with Crippen LogP contribution in [0.4, 0.5) is 10.5 Å². The number of fused-ring (bicyclic) bond motifs is 1. The molecule has 0 radical (unpaired) electrons. The van der Waals surface area contributed by atoms with Crippen LogP contribution in [-0.2, 0) is 15.1 Å². The average molecular weight is 345 g/mol. The summed E-state index contributed by atoms with van der Waals surface area (Å²) in [7, 11) is 0. The van der Waals surface area contributed by atoms with E-state index in [1.807, 2.05) is 30.3 Å². The second kappa shape index (κ2) is 6.05. The molecule has 26 heavy (non-hydrogen) atoms. The number of hydrogen-bond acceptors (Lipinski definition) is 3. The molecular weight excluding hydrogens is 330 g/mol. The number of nitrogens with one attached hydrogen (secondary N) is 2. The molecule has 2 aromatic carbocycles. The first-order chi connectivity index (χ1) is 12.6. The van der Waals surface area contributed by atoms with E-state index in [1.54, 1.807) is 24.3 Å². The van der Waals surface area contributed by atoms with Crippen LogP contribution in [0.3, 0.4) is 0 Å². The molecule has 0 aliphatic carbocycles. The van der Waals surface area contributed by atoms with Gasteiger partial charge in [0.05, 0.1) is 0 Å². The third-order valence-electron chi connectivity index (χ3n) is 4.51. The summed E-state index contributed by atoms with van der Waals surface area (Å²) in [5.41, 5.74) is 0.483. The van der Waals surface area contributed by atoms with E-state index in [9.17, 15) is 14.4 Å². The number of benzene rings is 2. The van der Waals surface area contributed by atoms with Gasteiger partial charge in [0.25, 0.3) is 5.91 Å². The number of rotatable bonds is 1. The number of imide groups is 1. The summed E-state index contributed by atoms with van der Waals surface area (Å²) in [4.78, 5) is 38.4. The van der Waals surface area contributed by atoms with E-state index < -0.39 is 17.5 Å². The molecule has 1 unspecified atom stereocenters. The molecule has 6 nitrogen and oxygen atoms in total. The summed E-state index contributed by atoms with van der Waals surface area (Å²) in [5, 5.41) is 5.09. The molecule has 1 atom stereocenters. The van der Waals surface area contributed by atoms with Gasteiger partial charge in [0, 0.05) is 29.8 Å². The van der Waals surface area contributed by atoms with E-state index in [1.165, 1.54) is 4.90 Å². The van der Waals surface area contributed by atoms with Crippen molar-refractivity contribution < 1.29 is 14.4 Å². The number of urea groups is 1. The van der Waals surface area contributed by atoms with E-state index in [0.717, 1.165) is 5.56 Å². The number of amides is 4. The van der Waals surface area contributed by atoms with Crippen LogP contribution in [0, 0.1) is 11.8 Å². The lowest BCUT2D eigenvalue weighted by Crippen LogP contribution is -2.60. The van der Waals surface area contributed by atoms with Gasteiger partial charge >= 0.3 is 6.03 Å². The molecule has 2 aliphatic heterocycles. The molecule has 4 amide bonds. The standard InChI is InChI=1S/C20H15N3O3/c24-17-11-13-23(19(26)22-17)20(12-10-14-6-2-1-3-7-14)15-8-4-5-9-16(15)21-18(20)25/h1-9H,11,13H2,(H,21,25)(H,22,24,26). The zero-order chi connectivity index (χ0) is 18.1. The van der Waals surface area contributed by atoms with E-state index in [4.69, 9.17) is 0 Å². The predicted molar refractivity (Wildman–Crippen MR) is 94.9 cm³/mol. The van der Waals surface area contributed by atoms with Gasteiger partial charge in [0.2, 0.25) is 11.4 Å². The third kappa shape index (κ3) is 2.42. The van der Waals surface area contributed by atoms with Crippen molar-refractivity contribution in [2.75, 3.05) is 11.9 Å². The van der Waals surface area contributed by atoms with Gasteiger partial charge in [-0.15, -0.1) is 0 Å². The quantitative estimate of drug-likeness (QED) is 0.774. The minimum Gasteiger partial charge on any atom is -0.322 e. The fourth-order valence-electron chi connectivity index (χ4n) is 3.27. The molecule has 0 saturated carbocycles. The van der Waals surface area contributed by atoms with Gasteiger partial charge in [-0.25, -0.2) is 4.79 Å². The Labute approximate surface area is 150 Å². The summed E-state index contributed by atoms with van der Waals surface area (Å²) < 4.78 is 0. The minimum absolute atomic E-state index is 0.121. The Bertz CT molecular complexity index is 975. The van der Waals surface area contributed by atoms with Crippen LogP contribution in [0.2, 0.25) is 0 Å². The second-order valence-electron chi connectivity index (χ2n) is 6.08. The highest BCUT2D eigenvalue weighted by atomic mass is 16.2. The fraction of sp³-hybridized carbons (Fsp3) is 0.150. The zero-order valence-electron chi connectivity index (χ0n) is 13.8. The summed E-state index contributed by atoms with van der Waals surface area (Å²) >= 11 is 0. The monoisotopic (exact) mass is 345 g/mol. The topological polar surface area (TPSA) is 78.5 Å². The Hall–Kier alpha value is -3.59. The van der Waals surface area contributed by atoms with Crippen LogP contribution in [-0.4, -0.2) is 29.3 Å². The Kier molecular flexibility index (Phi) is 3.70. The maximum atomic E-state index is 13.0.